The number of aryl methyl sites for hydroxylation is 1. The number of amides is 1. The molecule has 7 heteroatoms. The van der Waals surface area contributed by atoms with Crippen LogP contribution in [0, 0.1) is 18.7 Å². The molecule has 0 atom stereocenters. The molecule has 156 valence electrons. The maximum absolute atomic E-state index is 13.6. The SMILES string of the molecule is CN=C(NCc1ccc(C)c(F)c1)NCC1CCN(C(=O)OC(C)(C)C)CC1. The molecule has 0 saturated carbocycles. The van der Waals surface area contributed by atoms with Crippen molar-refractivity contribution in [2.45, 2.75) is 52.7 Å². The molecule has 1 aliphatic rings. The monoisotopic (exact) mass is 392 g/mol. The summed E-state index contributed by atoms with van der Waals surface area (Å²) in [7, 11) is 1.72. The fourth-order valence-electron chi connectivity index (χ4n) is 3.04. The minimum atomic E-state index is -0.464. The average molecular weight is 393 g/mol. The number of rotatable bonds is 4. The smallest absolute Gasteiger partial charge is 0.410 e. The van der Waals surface area contributed by atoms with E-state index in [2.05, 4.69) is 15.6 Å². The number of likely N-dealkylation sites (tertiary alicyclic amines) is 1. The number of hydrogen-bond donors (Lipinski definition) is 2. The number of halogens is 1. The van der Waals surface area contributed by atoms with Crippen LogP contribution < -0.4 is 10.6 Å². The van der Waals surface area contributed by atoms with E-state index in [0.717, 1.165) is 24.9 Å². The van der Waals surface area contributed by atoms with Gasteiger partial charge in [-0.3, -0.25) is 4.99 Å². The van der Waals surface area contributed by atoms with Crippen LogP contribution in [-0.2, 0) is 11.3 Å². The summed E-state index contributed by atoms with van der Waals surface area (Å²) in [5, 5.41) is 6.54. The summed E-state index contributed by atoms with van der Waals surface area (Å²) in [5.74, 6) is 0.962. The van der Waals surface area contributed by atoms with Gasteiger partial charge in [-0.15, -0.1) is 0 Å². The quantitative estimate of drug-likeness (QED) is 0.608. The van der Waals surface area contributed by atoms with E-state index in [1.165, 1.54) is 0 Å². The summed E-state index contributed by atoms with van der Waals surface area (Å²) in [5.41, 5.74) is 1.05. The Hall–Kier alpha value is -2.31. The van der Waals surface area contributed by atoms with E-state index in [-0.39, 0.29) is 11.9 Å². The zero-order valence-corrected chi connectivity index (χ0v) is 17.6. The largest absolute Gasteiger partial charge is 0.444 e. The zero-order valence-electron chi connectivity index (χ0n) is 17.6. The van der Waals surface area contributed by atoms with Gasteiger partial charge in [0.2, 0.25) is 0 Å². The van der Waals surface area contributed by atoms with Crippen molar-refractivity contribution >= 4 is 12.1 Å². The van der Waals surface area contributed by atoms with Crippen molar-refractivity contribution in [2.75, 3.05) is 26.7 Å². The van der Waals surface area contributed by atoms with Crippen molar-refractivity contribution < 1.29 is 13.9 Å². The molecule has 0 aromatic heterocycles. The number of benzene rings is 1. The Kier molecular flexibility index (Phi) is 7.66. The maximum atomic E-state index is 13.6. The Balaban J connectivity index is 1.72. The van der Waals surface area contributed by atoms with Gasteiger partial charge in [-0.2, -0.15) is 0 Å². The Morgan fingerprint density at radius 3 is 2.54 bits per heavy atom. The van der Waals surface area contributed by atoms with Crippen molar-refractivity contribution in [3.63, 3.8) is 0 Å². The van der Waals surface area contributed by atoms with Gasteiger partial charge in [0.15, 0.2) is 5.96 Å². The van der Waals surface area contributed by atoms with Gasteiger partial charge < -0.3 is 20.3 Å². The molecular formula is C21H33FN4O2. The normalized spacial score (nSPS) is 16.1. The lowest BCUT2D eigenvalue weighted by atomic mass is 9.97. The first kappa shape index (κ1) is 22.0. The Morgan fingerprint density at radius 1 is 1.29 bits per heavy atom. The fraction of sp³-hybridized carbons (Fsp3) is 0.619. The molecule has 1 aliphatic heterocycles. The van der Waals surface area contributed by atoms with E-state index in [0.29, 0.717) is 37.1 Å². The van der Waals surface area contributed by atoms with Crippen LogP contribution in [-0.4, -0.2) is 49.2 Å². The van der Waals surface area contributed by atoms with Crippen LogP contribution in [0.4, 0.5) is 9.18 Å². The lowest BCUT2D eigenvalue weighted by Crippen LogP contribution is -2.45. The Morgan fingerprint density at radius 2 is 1.96 bits per heavy atom. The molecule has 2 N–H and O–H groups in total. The minimum Gasteiger partial charge on any atom is -0.444 e. The Bertz CT molecular complexity index is 692. The second kappa shape index (κ2) is 9.75. The molecule has 1 aromatic rings. The first-order valence-corrected chi connectivity index (χ1v) is 9.85. The number of nitrogens with one attached hydrogen (secondary N) is 2. The molecule has 28 heavy (non-hydrogen) atoms. The van der Waals surface area contributed by atoms with E-state index in [4.69, 9.17) is 4.74 Å². The van der Waals surface area contributed by atoms with Gasteiger partial charge in [0, 0.05) is 33.2 Å². The van der Waals surface area contributed by atoms with Gasteiger partial charge in [-0.25, -0.2) is 9.18 Å². The second-order valence-corrected chi connectivity index (χ2v) is 8.30. The second-order valence-electron chi connectivity index (χ2n) is 8.30. The molecular weight excluding hydrogens is 359 g/mol. The van der Waals surface area contributed by atoms with Crippen LogP contribution in [0.2, 0.25) is 0 Å². The molecule has 0 radical (unpaired) electrons. The lowest BCUT2D eigenvalue weighted by Gasteiger charge is -2.33. The summed E-state index contributed by atoms with van der Waals surface area (Å²) in [4.78, 5) is 18.1. The number of ether oxygens (including phenoxy) is 1. The summed E-state index contributed by atoms with van der Waals surface area (Å²) in [6.45, 7) is 10.1. The summed E-state index contributed by atoms with van der Waals surface area (Å²) in [6.07, 6.45) is 1.61. The van der Waals surface area contributed by atoms with Gasteiger partial charge in [-0.1, -0.05) is 12.1 Å². The van der Waals surface area contributed by atoms with E-state index in [1.54, 1.807) is 31.0 Å². The topological polar surface area (TPSA) is 66.0 Å². The molecule has 6 nitrogen and oxygen atoms in total. The van der Waals surface area contributed by atoms with E-state index in [9.17, 15) is 9.18 Å². The highest BCUT2D eigenvalue weighted by atomic mass is 19.1. The first-order valence-electron chi connectivity index (χ1n) is 9.85. The third kappa shape index (κ3) is 7.02. The molecule has 1 fully saturated rings. The third-order valence-corrected chi connectivity index (χ3v) is 4.74. The average Bonchev–Trinajstić information content (AvgIpc) is 2.63. The van der Waals surface area contributed by atoms with Crippen LogP contribution >= 0.6 is 0 Å². The number of guanidine groups is 1. The predicted octanol–water partition coefficient (Wildman–Crippen LogP) is 3.45. The molecule has 0 spiro atoms. The number of carbonyl (C=O) groups is 1. The molecule has 0 aliphatic carbocycles. The van der Waals surface area contributed by atoms with Gasteiger partial charge in [0.05, 0.1) is 0 Å². The standard InChI is InChI=1S/C21H33FN4O2/c1-15-6-7-17(12-18(15)22)14-25-19(23-5)24-13-16-8-10-26(11-9-16)20(27)28-21(2,3)4/h6-7,12,16H,8-11,13-14H2,1-5H3,(H2,23,24,25). The highest BCUT2D eigenvalue weighted by Crippen LogP contribution is 2.19. The van der Waals surface area contributed by atoms with Crippen LogP contribution in [0.5, 0.6) is 0 Å². The molecule has 1 amide bonds. The van der Waals surface area contributed by atoms with Crippen molar-refractivity contribution in [1.29, 1.82) is 0 Å². The van der Waals surface area contributed by atoms with Crippen LogP contribution in [0.25, 0.3) is 0 Å². The van der Waals surface area contributed by atoms with E-state index < -0.39 is 5.60 Å². The van der Waals surface area contributed by atoms with E-state index >= 15 is 0 Å². The van der Waals surface area contributed by atoms with Gasteiger partial charge in [0.1, 0.15) is 11.4 Å². The fourth-order valence-corrected chi connectivity index (χ4v) is 3.04. The van der Waals surface area contributed by atoms with Crippen LogP contribution in [0.1, 0.15) is 44.7 Å². The number of nitrogens with zero attached hydrogens (tertiary/aromatic N) is 2. The number of hydrogen-bond acceptors (Lipinski definition) is 3. The predicted molar refractivity (Wildman–Crippen MR) is 110 cm³/mol. The Labute approximate surface area is 167 Å². The van der Waals surface area contributed by atoms with Gasteiger partial charge >= 0.3 is 6.09 Å². The minimum absolute atomic E-state index is 0.195. The third-order valence-electron chi connectivity index (χ3n) is 4.74. The highest BCUT2D eigenvalue weighted by Gasteiger charge is 2.26. The van der Waals surface area contributed by atoms with Crippen LogP contribution in [0.3, 0.4) is 0 Å². The summed E-state index contributed by atoms with van der Waals surface area (Å²) in [6, 6.07) is 5.23. The molecule has 1 saturated heterocycles. The van der Waals surface area contributed by atoms with Gasteiger partial charge in [0.25, 0.3) is 0 Å². The van der Waals surface area contributed by atoms with Crippen molar-refractivity contribution in [3.05, 3.63) is 35.1 Å². The molecule has 1 aromatic carbocycles. The van der Waals surface area contributed by atoms with Gasteiger partial charge in [-0.05, 0) is 63.6 Å². The number of aliphatic imine (C=N–C) groups is 1. The zero-order chi connectivity index (χ0) is 20.7. The van der Waals surface area contributed by atoms with Crippen molar-refractivity contribution in [1.82, 2.24) is 15.5 Å². The maximum Gasteiger partial charge on any atom is 0.410 e. The molecule has 2 rings (SSSR count). The summed E-state index contributed by atoms with van der Waals surface area (Å²) < 4.78 is 19.1. The number of carbonyl (C=O) groups excluding carboxylic acids is 1. The molecule has 0 bridgehead atoms. The van der Waals surface area contributed by atoms with Crippen molar-refractivity contribution in [2.24, 2.45) is 10.9 Å². The molecule has 1 heterocycles. The summed E-state index contributed by atoms with van der Waals surface area (Å²) >= 11 is 0. The van der Waals surface area contributed by atoms with Crippen LogP contribution in [0.15, 0.2) is 23.2 Å². The lowest BCUT2D eigenvalue weighted by molar-refractivity contribution is 0.0185. The first-order chi connectivity index (χ1) is 13.2. The molecule has 0 unspecified atom stereocenters. The van der Waals surface area contributed by atoms with Crippen molar-refractivity contribution in [3.8, 4) is 0 Å². The van der Waals surface area contributed by atoms with E-state index in [1.807, 2.05) is 26.8 Å². The number of piperidine rings is 1. The highest BCUT2D eigenvalue weighted by molar-refractivity contribution is 5.79.